The molecule has 188 valence electrons. The number of nitrogens with one attached hydrogen (secondary N) is 2. The number of carbonyl (C=O) groups is 2. The molecule has 0 bridgehead atoms. The van der Waals surface area contributed by atoms with Crippen LogP contribution in [0.2, 0.25) is 0 Å². The number of ether oxygens (including phenoxy) is 1. The molecule has 0 radical (unpaired) electrons. The minimum Gasteiger partial charge on any atom is -0.406 e. The molecule has 2 N–H and O–H groups in total. The van der Waals surface area contributed by atoms with Crippen LogP contribution in [-0.4, -0.2) is 56.3 Å². The first-order valence-electron chi connectivity index (χ1n) is 11.7. The third-order valence-electron chi connectivity index (χ3n) is 6.43. The lowest BCUT2D eigenvalue weighted by atomic mass is 9.96. The predicted molar refractivity (Wildman–Crippen MR) is 126 cm³/mol. The Bertz CT molecular complexity index is 1050. The van der Waals surface area contributed by atoms with Gasteiger partial charge in [-0.05, 0) is 80.2 Å². The summed E-state index contributed by atoms with van der Waals surface area (Å²) >= 11 is 0. The molecule has 2 aliphatic rings. The predicted octanol–water partition coefficient (Wildman–Crippen LogP) is 3.86. The number of likely N-dealkylation sites (tertiary alicyclic amines) is 1. The van der Waals surface area contributed by atoms with E-state index in [1.54, 1.807) is 0 Å². The Morgan fingerprint density at radius 1 is 1.00 bits per heavy atom. The number of nitrogens with zero attached hydrogens (tertiary/aromatic N) is 2. The average Bonchev–Trinajstić information content (AvgIpc) is 3.34. The number of halogens is 3. The van der Waals surface area contributed by atoms with E-state index in [1.165, 1.54) is 23.4 Å². The molecule has 2 heterocycles. The van der Waals surface area contributed by atoms with Crippen LogP contribution in [0, 0.1) is 0 Å². The largest absolute Gasteiger partial charge is 0.573 e. The van der Waals surface area contributed by atoms with Gasteiger partial charge in [0, 0.05) is 31.5 Å². The number of anilines is 2. The quantitative estimate of drug-likeness (QED) is 0.602. The molecule has 0 unspecified atom stereocenters. The van der Waals surface area contributed by atoms with Crippen molar-refractivity contribution >= 4 is 23.2 Å². The summed E-state index contributed by atoms with van der Waals surface area (Å²) in [5.41, 5.74) is 3.83. The molecule has 0 saturated carbocycles. The van der Waals surface area contributed by atoms with Crippen LogP contribution in [0.3, 0.4) is 0 Å². The Kier molecular flexibility index (Phi) is 7.49. The molecule has 2 aromatic carbocycles. The SMILES string of the molecule is CN1CCCc2cc([C@@H](CNC(=O)C(=O)Nc3ccc(OC(F)(F)F)cc3)N3CCCC3)ccc21. The van der Waals surface area contributed by atoms with Crippen molar-refractivity contribution < 1.29 is 27.5 Å². The molecule has 4 rings (SSSR count). The number of aryl methyl sites for hydroxylation is 1. The Balaban J connectivity index is 1.39. The lowest BCUT2D eigenvalue weighted by Crippen LogP contribution is -2.41. The summed E-state index contributed by atoms with van der Waals surface area (Å²) in [7, 11) is 2.09. The second-order valence-corrected chi connectivity index (χ2v) is 8.91. The smallest absolute Gasteiger partial charge is 0.406 e. The van der Waals surface area contributed by atoms with E-state index in [0.29, 0.717) is 0 Å². The van der Waals surface area contributed by atoms with Crippen molar-refractivity contribution in [1.29, 1.82) is 0 Å². The second kappa shape index (κ2) is 10.6. The van der Waals surface area contributed by atoms with Gasteiger partial charge in [0.05, 0.1) is 6.04 Å². The van der Waals surface area contributed by atoms with E-state index in [-0.39, 0.29) is 18.3 Å². The average molecular weight is 491 g/mol. The van der Waals surface area contributed by atoms with Crippen LogP contribution < -0.4 is 20.3 Å². The first-order valence-corrected chi connectivity index (χ1v) is 11.7. The fourth-order valence-corrected chi connectivity index (χ4v) is 4.72. The highest BCUT2D eigenvalue weighted by Crippen LogP contribution is 2.32. The van der Waals surface area contributed by atoms with E-state index in [2.05, 4.69) is 50.4 Å². The number of carbonyl (C=O) groups excluding carboxylic acids is 2. The van der Waals surface area contributed by atoms with Crippen LogP contribution in [0.25, 0.3) is 0 Å². The monoisotopic (exact) mass is 490 g/mol. The molecule has 2 amide bonds. The van der Waals surface area contributed by atoms with Crippen molar-refractivity contribution in [1.82, 2.24) is 10.2 Å². The number of alkyl halides is 3. The van der Waals surface area contributed by atoms with Crippen LogP contribution >= 0.6 is 0 Å². The van der Waals surface area contributed by atoms with Crippen LogP contribution in [0.1, 0.15) is 36.4 Å². The normalized spacial score (nSPS) is 17.0. The highest BCUT2D eigenvalue weighted by Gasteiger charge is 2.31. The van der Waals surface area contributed by atoms with Crippen molar-refractivity contribution in [3.8, 4) is 5.75 Å². The molecule has 0 aliphatic carbocycles. The third-order valence-corrected chi connectivity index (χ3v) is 6.43. The summed E-state index contributed by atoms with van der Waals surface area (Å²) < 4.78 is 40.7. The second-order valence-electron chi connectivity index (χ2n) is 8.91. The lowest BCUT2D eigenvalue weighted by Gasteiger charge is -2.31. The summed E-state index contributed by atoms with van der Waals surface area (Å²) in [4.78, 5) is 29.5. The molecule has 0 spiro atoms. The fourth-order valence-electron chi connectivity index (χ4n) is 4.72. The minimum absolute atomic E-state index is 0.0504. The van der Waals surface area contributed by atoms with Gasteiger partial charge in [0.25, 0.3) is 0 Å². The van der Waals surface area contributed by atoms with Gasteiger partial charge in [-0.2, -0.15) is 0 Å². The Hall–Kier alpha value is -3.27. The van der Waals surface area contributed by atoms with Gasteiger partial charge >= 0.3 is 18.2 Å². The summed E-state index contributed by atoms with van der Waals surface area (Å²) in [5, 5.41) is 5.14. The van der Waals surface area contributed by atoms with Crippen LogP contribution in [-0.2, 0) is 16.0 Å². The molecule has 7 nitrogen and oxygen atoms in total. The Morgan fingerprint density at radius 3 is 2.40 bits per heavy atom. The maximum Gasteiger partial charge on any atom is 0.573 e. The zero-order valence-electron chi connectivity index (χ0n) is 19.5. The molecule has 1 saturated heterocycles. The Morgan fingerprint density at radius 2 is 1.71 bits per heavy atom. The highest BCUT2D eigenvalue weighted by molar-refractivity contribution is 6.39. The fraction of sp³-hybridized carbons (Fsp3) is 0.440. The van der Waals surface area contributed by atoms with E-state index < -0.39 is 23.9 Å². The van der Waals surface area contributed by atoms with E-state index in [9.17, 15) is 22.8 Å². The zero-order valence-corrected chi connectivity index (χ0v) is 19.5. The molecule has 2 aliphatic heterocycles. The maximum absolute atomic E-state index is 12.5. The van der Waals surface area contributed by atoms with Gasteiger partial charge in [-0.25, -0.2) is 0 Å². The maximum atomic E-state index is 12.5. The molecule has 2 aromatic rings. The summed E-state index contributed by atoms with van der Waals surface area (Å²) in [6.07, 6.45) is -0.507. The van der Waals surface area contributed by atoms with Crippen LogP contribution in [0.15, 0.2) is 42.5 Å². The molecule has 0 aromatic heterocycles. The number of fused-ring (bicyclic) bond motifs is 1. The van der Waals surface area contributed by atoms with Gasteiger partial charge in [0.1, 0.15) is 5.75 Å². The first kappa shape index (κ1) is 24.8. The number of amides is 2. The van der Waals surface area contributed by atoms with Gasteiger partial charge in [-0.15, -0.1) is 13.2 Å². The molecular weight excluding hydrogens is 461 g/mol. The van der Waals surface area contributed by atoms with Gasteiger partial charge in [0.15, 0.2) is 0 Å². The molecular formula is C25H29F3N4O3. The Labute approximate surface area is 202 Å². The molecule has 1 atom stereocenters. The van der Waals surface area contributed by atoms with Crippen molar-refractivity contribution in [3.05, 3.63) is 53.6 Å². The van der Waals surface area contributed by atoms with Gasteiger partial charge < -0.3 is 20.3 Å². The lowest BCUT2D eigenvalue weighted by molar-refractivity contribution is -0.274. The first-order chi connectivity index (χ1) is 16.7. The van der Waals surface area contributed by atoms with Crippen LogP contribution in [0.5, 0.6) is 5.75 Å². The topological polar surface area (TPSA) is 73.9 Å². The number of hydrogen-bond donors (Lipinski definition) is 2. The molecule has 10 heteroatoms. The number of hydrogen-bond acceptors (Lipinski definition) is 5. The van der Waals surface area contributed by atoms with E-state index in [1.807, 2.05) is 0 Å². The molecule has 1 fully saturated rings. The zero-order chi connectivity index (χ0) is 25.0. The van der Waals surface area contributed by atoms with Crippen molar-refractivity contribution in [2.45, 2.75) is 38.1 Å². The number of rotatable bonds is 6. The van der Waals surface area contributed by atoms with Gasteiger partial charge in [-0.3, -0.25) is 14.5 Å². The van der Waals surface area contributed by atoms with E-state index >= 15 is 0 Å². The molecule has 35 heavy (non-hydrogen) atoms. The van der Waals surface area contributed by atoms with E-state index in [0.717, 1.165) is 63.0 Å². The number of benzene rings is 2. The summed E-state index contributed by atoms with van der Waals surface area (Å²) in [6, 6.07) is 11.0. The van der Waals surface area contributed by atoms with Gasteiger partial charge in [0.2, 0.25) is 0 Å². The van der Waals surface area contributed by atoms with Crippen molar-refractivity contribution in [3.63, 3.8) is 0 Å². The summed E-state index contributed by atoms with van der Waals surface area (Å²) in [5.74, 6) is -2.10. The van der Waals surface area contributed by atoms with Crippen molar-refractivity contribution in [2.75, 3.05) is 43.4 Å². The van der Waals surface area contributed by atoms with Crippen molar-refractivity contribution in [2.24, 2.45) is 0 Å². The minimum atomic E-state index is -4.80. The third kappa shape index (κ3) is 6.45. The standard InChI is InChI=1S/C25H29F3N4O3/c1-31-12-4-5-17-15-18(6-11-21(17)31)22(32-13-2-3-14-32)16-29-23(33)24(34)30-19-7-9-20(10-8-19)35-25(26,27)28/h6-11,15,22H,2-5,12-14,16H2,1H3,(H,29,33)(H,30,34)/t22-/m1/s1. The van der Waals surface area contributed by atoms with E-state index in [4.69, 9.17) is 0 Å². The highest BCUT2D eigenvalue weighted by atomic mass is 19.4. The van der Waals surface area contributed by atoms with Gasteiger partial charge in [-0.1, -0.05) is 12.1 Å². The summed E-state index contributed by atoms with van der Waals surface area (Å²) in [6.45, 7) is 3.16. The van der Waals surface area contributed by atoms with Crippen LogP contribution in [0.4, 0.5) is 24.5 Å².